The largest absolute Gasteiger partial charge is 0.417 e. The van der Waals surface area contributed by atoms with Crippen LogP contribution in [0.15, 0.2) is 0 Å². The average molecular weight is 367 g/mol. The summed E-state index contributed by atoms with van der Waals surface area (Å²) in [6.45, 7) is 7.40. The summed E-state index contributed by atoms with van der Waals surface area (Å²) in [5, 5.41) is 6.74. The van der Waals surface area contributed by atoms with E-state index >= 15 is 0 Å². The minimum Gasteiger partial charge on any atom is -0.376 e. The van der Waals surface area contributed by atoms with Crippen LogP contribution in [0.3, 0.4) is 0 Å². The summed E-state index contributed by atoms with van der Waals surface area (Å²) in [4.78, 5) is 28.3. The number of amides is 1. The van der Waals surface area contributed by atoms with Gasteiger partial charge in [-0.05, 0) is 70.6 Å². The molecule has 26 heavy (non-hydrogen) atoms. The van der Waals surface area contributed by atoms with E-state index in [4.69, 9.17) is 4.74 Å². The minimum atomic E-state index is -0.457. The predicted octanol–water partition coefficient (Wildman–Crippen LogP) is 1.19. The summed E-state index contributed by atoms with van der Waals surface area (Å²) in [7, 11) is 0. The van der Waals surface area contributed by atoms with E-state index in [1.54, 1.807) is 4.90 Å². The van der Waals surface area contributed by atoms with Crippen LogP contribution in [0, 0.1) is 5.92 Å². The van der Waals surface area contributed by atoms with E-state index in [0.717, 1.165) is 52.1 Å². The topological polar surface area (TPSA) is 73.9 Å². The van der Waals surface area contributed by atoms with Crippen molar-refractivity contribution in [3.63, 3.8) is 0 Å². The van der Waals surface area contributed by atoms with Crippen LogP contribution < -0.4 is 10.6 Å². The lowest BCUT2D eigenvalue weighted by Crippen LogP contribution is -2.54. The van der Waals surface area contributed by atoms with Crippen LogP contribution in [-0.4, -0.2) is 80.3 Å². The van der Waals surface area contributed by atoms with Crippen LogP contribution >= 0.6 is 0 Å². The molecule has 3 fully saturated rings. The first-order valence-corrected chi connectivity index (χ1v) is 10.4. The fourth-order valence-corrected chi connectivity index (χ4v) is 4.36. The Kier molecular flexibility index (Phi) is 7.70. The molecule has 0 aromatic rings. The normalized spacial score (nSPS) is 23.8. The number of carbonyl (C=O) groups excluding carboxylic acids is 2. The Labute approximate surface area is 156 Å². The minimum absolute atomic E-state index is 0.352. The summed E-state index contributed by atoms with van der Waals surface area (Å²) in [5.74, 6) is 0.340. The maximum absolute atomic E-state index is 12.2. The monoisotopic (exact) mass is 366 g/mol. The molecule has 3 heterocycles. The van der Waals surface area contributed by atoms with Gasteiger partial charge in [-0.3, -0.25) is 9.69 Å². The van der Waals surface area contributed by atoms with Crippen molar-refractivity contribution in [2.75, 3.05) is 52.4 Å². The molecular weight excluding hydrogens is 332 g/mol. The molecule has 0 bridgehead atoms. The molecule has 7 nitrogen and oxygen atoms in total. The first kappa shape index (κ1) is 19.6. The van der Waals surface area contributed by atoms with Crippen molar-refractivity contribution >= 4 is 12.1 Å². The Morgan fingerprint density at radius 3 is 2.15 bits per heavy atom. The summed E-state index contributed by atoms with van der Waals surface area (Å²) in [5.41, 5.74) is 0. The molecule has 3 aliphatic heterocycles. The predicted molar refractivity (Wildman–Crippen MR) is 100.0 cm³/mol. The number of carbonyl (C=O) groups is 2. The molecule has 3 rings (SSSR count). The lowest BCUT2D eigenvalue weighted by Gasteiger charge is -2.40. The van der Waals surface area contributed by atoms with Gasteiger partial charge < -0.3 is 20.3 Å². The second-order valence-corrected chi connectivity index (χ2v) is 7.83. The van der Waals surface area contributed by atoms with Gasteiger partial charge >= 0.3 is 12.1 Å². The van der Waals surface area contributed by atoms with E-state index in [2.05, 4.69) is 15.5 Å². The van der Waals surface area contributed by atoms with Crippen LogP contribution in [-0.2, 0) is 9.53 Å². The molecule has 148 valence electrons. The third-order valence-corrected chi connectivity index (χ3v) is 6.05. The third-order valence-electron chi connectivity index (χ3n) is 6.05. The van der Waals surface area contributed by atoms with Gasteiger partial charge in [0.15, 0.2) is 0 Å². The van der Waals surface area contributed by atoms with E-state index in [9.17, 15) is 9.59 Å². The molecule has 0 spiro atoms. The summed E-state index contributed by atoms with van der Waals surface area (Å²) < 4.78 is 5.07. The van der Waals surface area contributed by atoms with E-state index in [1.165, 1.54) is 25.7 Å². The highest BCUT2D eigenvalue weighted by molar-refractivity contribution is 5.84. The number of hydrogen-bond acceptors (Lipinski definition) is 6. The zero-order chi connectivity index (χ0) is 18.2. The number of piperazine rings is 1. The molecule has 0 aromatic heterocycles. The lowest BCUT2D eigenvalue weighted by molar-refractivity contribution is -0.138. The van der Waals surface area contributed by atoms with Crippen LogP contribution in [0.4, 0.5) is 4.79 Å². The van der Waals surface area contributed by atoms with Crippen molar-refractivity contribution in [1.29, 1.82) is 0 Å². The molecule has 2 N–H and O–H groups in total. The van der Waals surface area contributed by atoms with Crippen molar-refractivity contribution in [2.45, 2.75) is 51.0 Å². The lowest BCUT2D eigenvalue weighted by atomic mass is 9.92. The third kappa shape index (κ3) is 5.93. The van der Waals surface area contributed by atoms with Gasteiger partial charge in [-0.2, -0.15) is 0 Å². The number of nitrogens with one attached hydrogen (secondary N) is 2. The standard InChI is InChI=1S/C19H34N4O3/c24-18(3-1-2-16-4-8-20-9-5-16)26-19(25)23-14-12-22(13-15-23)17-6-10-21-11-7-17/h16-17,20-21H,1-15H2. The van der Waals surface area contributed by atoms with Crippen LogP contribution in [0.5, 0.6) is 0 Å². The number of hydrogen-bond donors (Lipinski definition) is 2. The van der Waals surface area contributed by atoms with E-state index in [-0.39, 0.29) is 5.97 Å². The molecule has 0 unspecified atom stereocenters. The fraction of sp³-hybridized carbons (Fsp3) is 0.895. The van der Waals surface area contributed by atoms with E-state index in [0.29, 0.717) is 31.5 Å². The molecule has 0 saturated carbocycles. The molecule has 0 aromatic carbocycles. The Morgan fingerprint density at radius 2 is 1.50 bits per heavy atom. The van der Waals surface area contributed by atoms with Gasteiger partial charge in [0, 0.05) is 38.6 Å². The van der Waals surface area contributed by atoms with Crippen molar-refractivity contribution in [2.24, 2.45) is 5.92 Å². The number of ether oxygens (including phenoxy) is 1. The first-order valence-electron chi connectivity index (χ1n) is 10.4. The van der Waals surface area contributed by atoms with Gasteiger partial charge in [0.1, 0.15) is 0 Å². The highest BCUT2D eigenvalue weighted by Gasteiger charge is 2.28. The summed E-state index contributed by atoms with van der Waals surface area (Å²) in [6.07, 6.45) is 6.51. The summed E-state index contributed by atoms with van der Waals surface area (Å²) in [6, 6.07) is 0.631. The highest BCUT2D eigenvalue weighted by atomic mass is 16.6. The van der Waals surface area contributed by atoms with Gasteiger partial charge in [0.05, 0.1) is 0 Å². The van der Waals surface area contributed by atoms with Crippen molar-refractivity contribution < 1.29 is 14.3 Å². The molecule has 7 heteroatoms. The molecule has 3 aliphatic rings. The average Bonchev–Trinajstić information content (AvgIpc) is 2.69. The number of esters is 1. The van der Waals surface area contributed by atoms with Crippen molar-refractivity contribution in [1.82, 2.24) is 20.4 Å². The SMILES string of the molecule is O=C(CCCC1CCNCC1)OC(=O)N1CCN(C2CCNCC2)CC1. The zero-order valence-electron chi connectivity index (χ0n) is 15.9. The molecule has 0 atom stereocenters. The van der Waals surface area contributed by atoms with Gasteiger partial charge in [-0.25, -0.2) is 4.79 Å². The quantitative estimate of drug-likeness (QED) is 0.562. The van der Waals surface area contributed by atoms with Crippen molar-refractivity contribution in [3.8, 4) is 0 Å². The Balaban J connectivity index is 1.30. The van der Waals surface area contributed by atoms with Crippen LogP contribution in [0.2, 0.25) is 0 Å². The van der Waals surface area contributed by atoms with E-state index < -0.39 is 6.09 Å². The van der Waals surface area contributed by atoms with Gasteiger partial charge in [0.2, 0.25) is 0 Å². The summed E-state index contributed by atoms with van der Waals surface area (Å²) >= 11 is 0. The number of nitrogens with zero attached hydrogens (tertiary/aromatic N) is 2. The number of rotatable bonds is 5. The highest BCUT2D eigenvalue weighted by Crippen LogP contribution is 2.19. The Morgan fingerprint density at radius 1 is 0.885 bits per heavy atom. The Hall–Kier alpha value is -1.18. The number of piperidine rings is 2. The second kappa shape index (κ2) is 10.2. The van der Waals surface area contributed by atoms with Crippen LogP contribution in [0.25, 0.3) is 0 Å². The smallest absolute Gasteiger partial charge is 0.376 e. The van der Waals surface area contributed by atoms with Gasteiger partial charge in [-0.15, -0.1) is 0 Å². The molecule has 0 radical (unpaired) electrons. The Bertz CT molecular complexity index is 454. The van der Waals surface area contributed by atoms with Gasteiger partial charge in [0.25, 0.3) is 0 Å². The fourth-order valence-electron chi connectivity index (χ4n) is 4.36. The van der Waals surface area contributed by atoms with Crippen LogP contribution in [0.1, 0.15) is 44.9 Å². The van der Waals surface area contributed by atoms with Crippen molar-refractivity contribution in [3.05, 3.63) is 0 Å². The van der Waals surface area contributed by atoms with E-state index in [1.807, 2.05) is 0 Å². The maximum Gasteiger partial charge on any atom is 0.417 e. The molecular formula is C19H34N4O3. The second-order valence-electron chi connectivity index (χ2n) is 7.83. The molecule has 0 aliphatic carbocycles. The molecule has 3 saturated heterocycles. The first-order chi connectivity index (χ1) is 12.7. The maximum atomic E-state index is 12.2. The zero-order valence-corrected chi connectivity index (χ0v) is 15.9. The van der Waals surface area contributed by atoms with Gasteiger partial charge in [-0.1, -0.05) is 0 Å². The molecule has 1 amide bonds.